The molecule has 0 fully saturated rings. The number of halogens is 1. The summed E-state index contributed by atoms with van der Waals surface area (Å²) in [4.78, 5) is 0. The number of hydrogen-bond acceptors (Lipinski definition) is 3. The number of nitrogens with zero attached hydrogens (tertiary/aromatic N) is 2. The third-order valence-corrected chi connectivity index (χ3v) is 3.52. The lowest BCUT2D eigenvalue weighted by atomic mass is 10.1. The first-order valence-corrected chi connectivity index (χ1v) is 6.96. The molecule has 19 heavy (non-hydrogen) atoms. The minimum absolute atomic E-state index is 0.237. The van der Waals surface area contributed by atoms with Crippen LogP contribution in [0.25, 0.3) is 0 Å². The van der Waals surface area contributed by atoms with E-state index in [1.54, 1.807) is 4.68 Å². The van der Waals surface area contributed by atoms with Crippen LogP contribution in [0.2, 0.25) is 0 Å². The minimum atomic E-state index is 0.237. The Morgan fingerprint density at radius 2 is 2.26 bits per heavy atom. The summed E-state index contributed by atoms with van der Waals surface area (Å²) in [6.07, 6.45) is 3.78. The van der Waals surface area contributed by atoms with Gasteiger partial charge in [-0.05, 0) is 32.2 Å². The van der Waals surface area contributed by atoms with Crippen LogP contribution in [-0.4, -0.2) is 16.8 Å². The highest BCUT2D eigenvalue weighted by Crippen LogP contribution is 2.29. The van der Waals surface area contributed by atoms with Crippen LogP contribution in [0, 0.1) is 0 Å². The van der Waals surface area contributed by atoms with Crippen LogP contribution in [0.1, 0.15) is 24.1 Å². The van der Waals surface area contributed by atoms with Crippen molar-refractivity contribution in [1.82, 2.24) is 15.1 Å². The van der Waals surface area contributed by atoms with Crippen LogP contribution >= 0.6 is 15.9 Å². The smallest absolute Gasteiger partial charge is 0.124 e. The molecule has 1 aromatic heterocycles. The normalized spacial score (nSPS) is 12.4. The molecule has 0 saturated heterocycles. The van der Waals surface area contributed by atoms with Gasteiger partial charge >= 0.3 is 0 Å². The first kappa shape index (κ1) is 14.1. The fraction of sp³-hybridized carbons (Fsp3) is 0.357. The van der Waals surface area contributed by atoms with E-state index >= 15 is 0 Å². The molecule has 0 spiro atoms. The van der Waals surface area contributed by atoms with Crippen LogP contribution in [0.4, 0.5) is 0 Å². The minimum Gasteiger partial charge on any atom is -0.488 e. The number of rotatable bonds is 5. The Bertz CT molecular complexity index is 553. The molecule has 0 saturated carbocycles. The summed E-state index contributed by atoms with van der Waals surface area (Å²) >= 11 is 3.50. The molecule has 1 aromatic carbocycles. The van der Waals surface area contributed by atoms with Gasteiger partial charge in [-0.3, -0.25) is 4.68 Å². The molecular formula is C14H18BrN3O. The molecule has 0 aliphatic heterocycles. The molecule has 0 aliphatic rings. The fourth-order valence-electron chi connectivity index (χ4n) is 1.85. The van der Waals surface area contributed by atoms with Gasteiger partial charge in [0.25, 0.3) is 0 Å². The predicted molar refractivity (Wildman–Crippen MR) is 79.2 cm³/mol. The van der Waals surface area contributed by atoms with Crippen LogP contribution < -0.4 is 10.1 Å². The van der Waals surface area contributed by atoms with E-state index in [1.165, 1.54) is 0 Å². The summed E-state index contributed by atoms with van der Waals surface area (Å²) in [6.45, 7) is 2.64. The van der Waals surface area contributed by atoms with E-state index < -0.39 is 0 Å². The van der Waals surface area contributed by atoms with E-state index in [2.05, 4.69) is 39.3 Å². The molecule has 102 valence electrons. The highest BCUT2D eigenvalue weighted by atomic mass is 79.9. The van der Waals surface area contributed by atoms with Crippen molar-refractivity contribution in [2.75, 3.05) is 7.05 Å². The van der Waals surface area contributed by atoms with Crippen molar-refractivity contribution in [1.29, 1.82) is 0 Å². The van der Waals surface area contributed by atoms with Crippen molar-refractivity contribution in [3.8, 4) is 5.75 Å². The SMILES string of the molecule is CNC(C)c1cc(Br)ccc1OCc1cnn(C)c1. The lowest BCUT2D eigenvalue weighted by Gasteiger charge is -2.16. The van der Waals surface area contributed by atoms with Gasteiger partial charge in [0, 0.05) is 34.9 Å². The van der Waals surface area contributed by atoms with Gasteiger partial charge in [-0.15, -0.1) is 0 Å². The van der Waals surface area contributed by atoms with Gasteiger partial charge in [-0.1, -0.05) is 15.9 Å². The van der Waals surface area contributed by atoms with Gasteiger partial charge in [0.2, 0.25) is 0 Å². The molecule has 4 nitrogen and oxygen atoms in total. The summed E-state index contributed by atoms with van der Waals surface area (Å²) in [5, 5.41) is 7.37. The summed E-state index contributed by atoms with van der Waals surface area (Å²) in [5.41, 5.74) is 2.20. The van der Waals surface area contributed by atoms with Crippen LogP contribution in [0.3, 0.4) is 0 Å². The Kier molecular flexibility index (Phi) is 4.61. The molecule has 1 atom stereocenters. The zero-order chi connectivity index (χ0) is 13.8. The van der Waals surface area contributed by atoms with Gasteiger partial charge in [0.05, 0.1) is 6.20 Å². The van der Waals surface area contributed by atoms with Gasteiger partial charge in [-0.2, -0.15) is 5.10 Å². The lowest BCUT2D eigenvalue weighted by molar-refractivity contribution is 0.300. The monoisotopic (exact) mass is 323 g/mol. The molecule has 0 aliphatic carbocycles. The topological polar surface area (TPSA) is 39.1 Å². The zero-order valence-corrected chi connectivity index (χ0v) is 12.9. The van der Waals surface area contributed by atoms with Crippen LogP contribution in [0.15, 0.2) is 35.1 Å². The summed E-state index contributed by atoms with van der Waals surface area (Å²) in [6, 6.07) is 6.30. The van der Waals surface area contributed by atoms with Crippen molar-refractivity contribution >= 4 is 15.9 Å². The van der Waals surface area contributed by atoms with Crippen molar-refractivity contribution < 1.29 is 4.74 Å². The number of aryl methyl sites for hydroxylation is 1. The number of ether oxygens (including phenoxy) is 1. The molecule has 0 radical (unpaired) electrons. The Balaban J connectivity index is 2.15. The maximum atomic E-state index is 5.90. The lowest BCUT2D eigenvalue weighted by Crippen LogP contribution is -2.13. The molecule has 0 bridgehead atoms. The molecular weight excluding hydrogens is 306 g/mol. The standard InChI is InChI=1S/C14H18BrN3O/c1-10(16-2)13-6-12(15)4-5-14(13)19-9-11-7-17-18(3)8-11/h4-8,10,16H,9H2,1-3H3. The summed E-state index contributed by atoms with van der Waals surface area (Å²) in [7, 11) is 3.84. The van der Waals surface area contributed by atoms with Gasteiger partial charge < -0.3 is 10.1 Å². The molecule has 2 aromatic rings. The second-order valence-electron chi connectivity index (χ2n) is 4.50. The van der Waals surface area contributed by atoms with Crippen molar-refractivity contribution in [2.24, 2.45) is 7.05 Å². The van der Waals surface area contributed by atoms with Crippen molar-refractivity contribution in [3.63, 3.8) is 0 Å². The summed E-state index contributed by atoms with van der Waals surface area (Å²) in [5.74, 6) is 0.897. The maximum Gasteiger partial charge on any atom is 0.124 e. The first-order valence-electron chi connectivity index (χ1n) is 6.17. The molecule has 1 unspecified atom stereocenters. The highest BCUT2D eigenvalue weighted by molar-refractivity contribution is 9.10. The van der Waals surface area contributed by atoms with Crippen LogP contribution in [-0.2, 0) is 13.7 Å². The zero-order valence-electron chi connectivity index (χ0n) is 11.4. The van der Waals surface area contributed by atoms with E-state index in [0.29, 0.717) is 6.61 Å². The highest BCUT2D eigenvalue weighted by Gasteiger charge is 2.11. The van der Waals surface area contributed by atoms with E-state index in [9.17, 15) is 0 Å². The Morgan fingerprint density at radius 1 is 1.47 bits per heavy atom. The number of benzene rings is 1. The van der Waals surface area contributed by atoms with Gasteiger partial charge in [0.15, 0.2) is 0 Å². The summed E-state index contributed by atoms with van der Waals surface area (Å²) < 4.78 is 8.73. The Labute approximate surface area is 121 Å². The quantitative estimate of drug-likeness (QED) is 0.919. The first-order chi connectivity index (χ1) is 9.10. The number of aromatic nitrogens is 2. The van der Waals surface area contributed by atoms with E-state index in [4.69, 9.17) is 4.74 Å². The van der Waals surface area contributed by atoms with E-state index in [0.717, 1.165) is 21.3 Å². The predicted octanol–water partition coefficient (Wildman–Crippen LogP) is 3.04. The van der Waals surface area contributed by atoms with E-state index in [-0.39, 0.29) is 6.04 Å². The maximum absolute atomic E-state index is 5.90. The average molecular weight is 324 g/mol. The Morgan fingerprint density at radius 3 is 2.89 bits per heavy atom. The third-order valence-electron chi connectivity index (χ3n) is 3.02. The van der Waals surface area contributed by atoms with Gasteiger partial charge in [0.1, 0.15) is 12.4 Å². The Hall–Kier alpha value is -1.33. The molecule has 2 rings (SSSR count). The van der Waals surface area contributed by atoms with Gasteiger partial charge in [-0.25, -0.2) is 0 Å². The van der Waals surface area contributed by atoms with Crippen molar-refractivity contribution in [3.05, 3.63) is 46.2 Å². The number of nitrogens with one attached hydrogen (secondary N) is 1. The average Bonchev–Trinajstić information content (AvgIpc) is 2.82. The largest absolute Gasteiger partial charge is 0.488 e. The molecule has 1 N–H and O–H groups in total. The molecule has 5 heteroatoms. The fourth-order valence-corrected chi connectivity index (χ4v) is 2.23. The van der Waals surface area contributed by atoms with E-state index in [1.807, 2.05) is 38.6 Å². The number of hydrogen-bond donors (Lipinski definition) is 1. The second kappa shape index (κ2) is 6.21. The molecule has 0 amide bonds. The van der Waals surface area contributed by atoms with Crippen LogP contribution in [0.5, 0.6) is 5.75 Å². The van der Waals surface area contributed by atoms with Crippen molar-refractivity contribution in [2.45, 2.75) is 19.6 Å². The third kappa shape index (κ3) is 3.58. The molecule has 1 heterocycles. The second-order valence-corrected chi connectivity index (χ2v) is 5.42.